The molecule has 32 heavy (non-hydrogen) atoms. The Morgan fingerprint density at radius 1 is 1.22 bits per heavy atom. The first-order valence-electron chi connectivity index (χ1n) is 10.1. The predicted molar refractivity (Wildman–Crippen MR) is 111 cm³/mol. The standard InChI is InChI=1S/C22H19FN6O3/c23-13-3-1-2-12(9-24)20(13)14-8-16(21-15(26-14)10-25-22(21)32)29-7-5-19(27-29)28-6-4-17(30)18(31)11-28/h1-3,5,7-8,17-18,30-31H,4,6,10-11H2,(H,25,32)/t17-,18+/m1/s1. The number of benzene rings is 1. The number of pyridine rings is 1. The van der Waals surface area contributed by atoms with E-state index in [0.29, 0.717) is 35.7 Å². The molecule has 0 bridgehead atoms. The number of nitriles is 1. The Labute approximate surface area is 182 Å². The van der Waals surface area contributed by atoms with Gasteiger partial charge in [0.05, 0.1) is 58.6 Å². The molecule has 2 atom stereocenters. The van der Waals surface area contributed by atoms with Crippen LogP contribution in [0, 0.1) is 17.1 Å². The Kier molecular flexibility index (Phi) is 4.84. The summed E-state index contributed by atoms with van der Waals surface area (Å²) in [5, 5.41) is 36.5. The fraction of sp³-hybridized carbons (Fsp3) is 0.273. The third-order valence-electron chi connectivity index (χ3n) is 5.80. The second-order valence-electron chi connectivity index (χ2n) is 7.79. The molecular formula is C22H19FN6O3. The van der Waals surface area contributed by atoms with Gasteiger partial charge < -0.3 is 20.4 Å². The Morgan fingerprint density at radius 3 is 2.84 bits per heavy atom. The second kappa shape index (κ2) is 7.71. The van der Waals surface area contributed by atoms with E-state index in [1.165, 1.54) is 22.9 Å². The first-order valence-corrected chi connectivity index (χ1v) is 10.1. The minimum Gasteiger partial charge on any atom is -0.390 e. The molecule has 3 N–H and O–H groups in total. The van der Waals surface area contributed by atoms with Crippen molar-refractivity contribution >= 4 is 11.7 Å². The van der Waals surface area contributed by atoms with Gasteiger partial charge in [-0.3, -0.25) is 4.79 Å². The van der Waals surface area contributed by atoms with Crippen molar-refractivity contribution in [2.45, 2.75) is 25.2 Å². The number of anilines is 1. The molecule has 1 saturated heterocycles. The second-order valence-corrected chi connectivity index (χ2v) is 7.79. The lowest BCUT2D eigenvalue weighted by atomic mass is 10.0. The average molecular weight is 434 g/mol. The first-order chi connectivity index (χ1) is 15.5. The summed E-state index contributed by atoms with van der Waals surface area (Å²) in [6.07, 6.45) is 0.444. The number of β-amino-alcohol motifs (C(OH)–C–C–N with tert-alkyl or cyclic N) is 1. The number of nitrogens with zero attached hydrogens (tertiary/aromatic N) is 5. The van der Waals surface area contributed by atoms with E-state index in [0.717, 1.165) is 0 Å². The van der Waals surface area contributed by atoms with E-state index in [9.17, 15) is 24.7 Å². The van der Waals surface area contributed by atoms with Gasteiger partial charge in [0.2, 0.25) is 0 Å². The van der Waals surface area contributed by atoms with Crippen LogP contribution in [0.4, 0.5) is 10.2 Å². The van der Waals surface area contributed by atoms with Gasteiger partial charge in [-0.25, -0.2) is 14.1 Å². The SMILES string of the molecule is N#Cc1cccc(F)c1-c1cc(-n2ccc(N3CC[C@@H](O)[C@@H](O)C3)n2)c2c(n1)CNC2=O. The number of carbonyl (C=O) groups is 1. The zero-order chi connectivity index (χ0) is 22.4. The number of aliphatic hydroxyl groups is 2. The number of aromatic nitrogens is 3. The van der Waals surface area contributed by atoms with Crippen molar-refractivity contribution in [2.24, 2.45) is 0 Å². The number of aliphatic hydroxyl groups excluding tert-OH is 2. The summed E-state index contributed by atoms with van der Waals surface area (Å²) in [5.41, 5.74) is 1.65. The lowest BCUT2D eigenvalue weighted by molar-refractivity contribution is 0.00785. The van der Waals surface area contributed by atoms with Crippen LogP contribution in [0.2, 0.25) is 0 Å². The van der Waals surface area contributed by atoms with Crippen LogP contribution in [0.3, 0.4) is 0 Å². The topological polar surface area (TPSA) is 127 Å². The van der Waals surface area contributed by atoms with Gasteiger partial charge in [-0.05, 0) is 24.6 Å². The molecule has 5 rings (SSSR count). The van der Waals surface area contributed by atoms with Crippen molar-refractivity contribution in [1.29, 1.82) is 5.26 Å². The van der Waals surface area contributed by atoms with Crippen LogP contribution in [-0.2, 0) is 6.54 Å². The molecule has 1 fully saturated rings. The summed E-state index contributed by atoms with van der Waals surface area (Å²) in [4.78, 5) is 18.8. The molecule has 0 unspecified atom stereocenters. The van der Waals surface area contributed by atoms with Crippen molar-refractivity contribution in [1.82, 2.24) is 20.1 Å². The maximum Gasteiger partial charge on any atom is 0.255 e. The smallest absolute Gasteiger partial charge is 0.255 e. The van der Waals surface area contributed by atoms with Crippen molar-refractivity contribution in [2.75, 3.05) is 18.0 Å². The number of piperidine rings is 1. The number of nitrogens with one attached hydrogen (secondary N) is 1. The van der Waals surface area contributed by atoms with Gasteiger partial charge in [-0.15, -0.1) is 0 Å². The molecule has 10 heteroatoms. The Balaban J connectivity index is 1.61. The Bertz CT molecular complexity index is 1270. The molecule has 1 amide bonds. The highest BCUT2D eigenvalue weighted by Gasteiger charge is 2.30. The highest BCUT2D eigenvalue weighted by molar-refractivity contribution is 6.01. The lowest BCUT2D eigenvalue weighted by Gasteiger charge is -2.33. The molecule has 2 aliphatic heterocycles. The third-order valence-corrected chi connectivity index (χ3v) is 5.80. The molecule has 0 saturated carbocycles. The summed E-state index contributed by atoms with van der Waals surface area (Å²) in [7, 11) is 0. The number of fused-ring (bicyclic) bond motifs is 1. The van der Waals surface area contributed by atoms with Crippen LogP contribution in [0.25, 0.3) is 16.9 Å². The molecule has 0 radical (unpaired) electrons. The number of hydrogen-bond acceptors (Lipinski definition) is 7. The minimum atomic E-state index is -0.873. The van der Waals surface area contributed by atoms with Gasteiger partial charge in [0.15, 0.2) is 5.82 Å². The van der Waals surface area contributed by atoms with Crippen LogP contribution >= 0.6 is 0 Å². The number of rotatable bonds is 3. The highest BCUT2D eigenvalue weighted by Crippen LogP contribution is 2.31. The molecular weight excluding hydrogens is 415 g/mol. The molecule has 3 aromatic rings. The van der Waals surface area contributed by atoms with Gasteiger partial charge >= 0.3 is 0 Å². The Morgan fingerprint density at radius 2 is 2.06 bits per heavy atom. The van der Waals surface area contributed by atoms with Gasteiger partial charge in [-0.2, -0.15) is 10.4 Å². The van der Waals surface area contributed by atoms with Crippen LogP contribution in [0.1, 0.15) is 28.0 Å². The van der Waals surface area contributed by atoms with Crippen LogP contribution < -0.4 is 10.2 Å². The minimum absolute atomic E-state index is 0.0684. The van der Waals surface area contributed by atoms with Gasteiger partial charge in [0.25, 0.3) is 5.91 Å². The van der Waals surface area contributed by atoms with Crippen LogP contribution in [0.5, 0.6) is 0 Å². The van der Waals surface area contributed by atoms with E-state index in [1.807, 2.05) is 11.0 Å². The number of hydrogen-bond donors (Lipinski definition) is 3. The molecule has 2 aromatic heterocycles. The van der Waals surface area contributed by atoms with Crippen molar-refractivity contribution < 1.29 is 19.4 Å². The summed E-state index contributed by atoms with van der Waals surface area (Å²) >= 11 is 0. The maximum absolute atomic E-state index is 14.7. The lowest BCUT2D eigenvalue weighted by Crippen LogP contribution is -2.46. The zero-order valence-corrected chi connectivity index (χ0v) is 16.9. The van der Waals surface area contributed by atoms with Crippen molar-refractivity contribution in [3.8, 4) is 23.0 Å². The van der Waals surface area contributed by atoms with E-state index in [1.54, 1.807) is 18.3 Å². The van der Waals surface area contributed by atoms with E-state index in [-0.39, 0.29) is 35.8 Å². The monoisotopic (exact) mass is 434 g/mol. The van der Waals surface area contributed by atoms with Gasteiger partial charge in [0.1, 0.15) is 5.82 Å². The molecule has 0 spiro atoms. The maximum atomic E-state index is 14.7. The van der Waals surface area contributed by atoms with E-state index < -0.39 is 18.0 Å². The van der Waals surface area contributed by atoms with E-state index in [2.05, 4.69) is 15.4 Å². The molecule has 162 valence electrons. The molecule has 1 aromatic carbocycles. The molecule has 9 nitrogen and oxygen atoms in total. The Hall–Kier alpha value is -3.81. The number of halogens is 1. The summed E-state index contributed by atoms with van der Waals surface area (Å²) in [5.74, 6) is -0.316. The largest absolute Gasteiger partial charge is 0.390 e. The zero-order valence-electron chi connectivity index (χ0n) is 16.9. The van der Waals surface area contributed by atoms with Crippen molar-refractivity contribution in [3.05, 3.63) is 59.2 Å². The number of carbonyl (C=O) groups excluding carboxylic acids is 1. The van der Waals surface area contributed by atoms with E-state index in [4.69, 9.17) is 0 Å². The third kappa shape index (κ3) is 3.28. The van der Waals surface area contributed by atoms with Crippen molar-refractivity contribution in [3.63, 3.8) is 0 Å². The molecule has 2 aliphatic rings. The fourth-order valence-corrected chi connectivity index (χ4v) is 4.14. The van der Waals surface area contributed by atoms with Gasteiger partial charge in [-0.1, -0.05) is 6.07 Å². The van der Waals surface area contributed by atoms with Crippen LogP contribution in [-0.4, -0.2) is 56.2 Å². The van der Waals surface area contributed by atoms with Crippen LogP contribution in [0.15, 0.2) is 36.5 Å². The average Bonchev–Trinajstić information content (AvgIpc) is 3.42. The van der Waals surface area contributed by atoms with Gasteiger partial charge in [0, 0.05) is 25.4 Å². The molecule has 4 heterocycles. The quantitative estimate of drug-likeness (QED) is 0.564. The summed E-state index contributed by atoms with van der Waals surface area (Å²) in [6, 6.07) is 9.51. The predicted octanol–water partition coefficient (Wildman–Crippen LogP) is 1.12. The fourth-order valence-electron chi connectivity index (χ4n) is 4.14. The summed E-state index contributed by atoms with van der Waals surface area (Å²) in [6.45, 7) is 0.949. The highest BCUT2D eigenvalue weighted by atomic mass is 19.1. The first kappa shape index (κ1) is 20.1. The summed E-state index contributed by atoms with van der Waals surface area (Å²) < 4.78 is 16.2. The molecule has 0 aliphatic carbocycles. The van der Waals surface area contributed by atoms with E-state index >= 15 is 0 Å². The normalized spacial score (nSPS) is 20.1. The number of amides is 1.